The van der Waals surface area contributed by atoms with Crippen molar-refractivity contribution in [3.63, 3.8) is 0 Å². The number of carbonyl (C=O) groups is 4. The van der Waals surface area contributed by atoms with Crippen LogP contribution in [0.4, 0.5) is 0 Å². The summed E-state index contributed by atoms with van der Waals surface area (Å²) in [5.41, 5.74) is 11.1. The number of hydrogen-bond donors (Lipinski definition) is 6. The Morgan fingerprint density at radius 2 is 1.84 bits per heavy atom. The Bertz CT molecular complexity index is 650. The summed E-state index contributed by atoms with van der Waals surface area (Å²) in [6, 6.07) is -3.93. The monoisotopic (exact) mass is 475 g/mol. The van der Waals surface area contributed by atoms with Crippen LogP contribution < -0.4 is 22.1 Å². The Morgan fingerprint density at radius 3 is 2.41 bits per heavy atom. The molecule has 5 unspecified atom stereocenters. The van der Waals surface area contributed by atoms with Crippen LogP contribution in [-0.2, 0) is 19.2 Å². The minimum atomic E-state index is -1.18. The number of unbranched alkanes of at least 4 members (excludes halogenated alkanes) is 1. The normalized spacial score (nSPS) is 19.7. The summed E-state index contributed by atoms with van der Waals surface area (Å²) in [6.07, 6.45) is 3.58. The lowest BCUT2D eigenvalue weighted by atomic mass is 10.1. The van der Waals surface area contributed by atoms with Crippen LogP contribution in [0.5, 0.6) is 0 Å². The Labute approximate surface area is 193 Å². The molecule has 0 aromatic heterocycles. The van der Waals surface area contributed by atoms with Crippen LogP contribution in [0, 0.1) is 0 Å². The Kier molecular flexibility index (Phi) is 12.6. The molecule has 1 heterocycles. The van der Waals surface area contributed by atoms with E-state index in [0.717, 1.165) is 0 Å². The lowest BCUT2D eigenvalue weighted by Gasteiger charge is -2.30. The van der Waals surface area contributed by atoms with Crippen LogP contribution in [0.1, 0.15) is 45.4 Å². The minimum Gasteiger partial charge on any atom is -0.480 e. The van der Waals surface area contributed by atoms with E-state index in [2.05, 4.69) is 10.6 Å². The fraction of sp³-hybridized carbons (Fsp3) is 0.800. The standard InChI is InChI=1S/C20H37N5O6S/c1-12(26)16(22)18(28)23-13(8-11-32-2)19(29)25-10-5-7-15(25)17(27)24-14(20(30)31)6-3-4-9-21/h12-16,26H,3-11,21-22H2,1-2H3,(H,23,28)(H,24,27)(H,30,31). The molecular weight excluding hydrogens is 438 g/mol. The highest BCUT2D eigenvalue weighted by atomic mass is 32.2. The lowest BCUT2D eigenvalue weighted by molar-refractivity contribution is -0.145. The van der Waals surface area contributed by atoms with Crippen LogP contribution in [0.15, 0.2) is 0 Å². The highest BCUT2D eigenvalue weighted by molar-refractivity contribution is 7.98. The quantitative estimate of drug-likeness (QED) is 0.165. The van der Waals surface area contributed by atoms with Crippen molar-refractivity contribution in [1.82, 2.24) is 15.5 Å². The number of amides is 3. The van der Waals surface area contributed by atoms with Gasteiger partial charge in [-0.1, -0.05) is 0 Å². The molecule has 3 amide bonds. The molecule has 0 saturated carbocycles. The summed E-state index contributed by atoms with van der Waals surface area (Å²) in [5, 5.41) is 24.1. The van der Waals surface area contributed by atoms with Gasteiger partial charge in [0.2, 0.25) is 17.7 Å². The number of nitrogens with zero attached hydrogens (tertiary/aromatic N) is 1. The zero-order valence-corrected chi connectivity index (χ0v) is 19.6. The van der Waals surface area contributed by atoms with Crippen LogP contribution in [-0.4, -0.2) is 94.2 Å². The summed E-state index contributed by atoms with van der Waals surface area (Å²) in [4.78, 5) is 51.3. The van der Waals surface area contributed by atoms with Gasteiger partial charge in [-0.2, -0.15) is 11.8 Å². The second-order valence-corrected chi connectivity index (χ2v) is 8.97. The van der Waals surface area contributed by atoms with Crippen molar-refractivity contribution in [2.24, 2.45) is 11.5 Å². The van der Waals surface area contributed by atoms with Gasteiger partial charge in [0.05, 0.1) is 6.10 Å². The van der Waals surface area contributed by atoms with E-state index in [-0.39, 0.29) is 6.42 Å². The predicted octanol–water partition coefficient (Wildman–Crippen LogP) is -1.38. The van der Waals surface area contributed by atoms with E-state index in [1.807, 2.05) is 6.26 Å². The first-order valence-corrected chi connectivity index (χ1v) is 12.3. The minimum absolute atomic E-state index is 0.253. The summed E-state index contributed by atoms with van der Waals surface area (Å²) >= 11 is 1.50. The zero-order chi connectivity index (χ0) is 24.3. The van der Waals surface area contributed by atoms with Gasteiger partial charge in [0, 0.05) is 6.54 Å². The molecule has 1 saturated heterocycles. The summed E-state index contributed by atoms with van der Waals surface area (Å²) in [7, 11) is 0. The van der Waals surface area contributed by atoms with Gasteiger partial charge in [0.15, 0.2) is 0 Å². The van der Waals surface area contributed by atoms with E-state index in [1.165, 1.54) is 23.6 Å². The molecule has 0 aliphatic carbocycles. The average Bonchev–Trinajstić information content (AvgIpc) is 3.24. The average molecular weight is 476 g/mol. The third-order valence-corrected chi connectivity index (χ3v) is 6.09. The number of rotatable bonds is 14. The number of likely N-dealkylation sites (tertiary alicyclic amines) is 1. The van der Waals surface area contributed by atoms with Gasteiger partial charge in [0.1, 0.15) is 24.2 Å². The van der Waals surface area contributed by atoms with Crippen LogP contribution in [0.25, 0.3) is 0 Å². The highest BCUT2D eigenvalue weighted by Crippen LogP contribution is 2.20. The van der Waals surface area contributed by atoms with E-state index in [0.29, 0.717) is 50.9 Å². The first kappa shape index (κ1) is 28.1. The van der Waals surface area contributed by atoms with E-state index >= 15 is 0 Å². The van der Waals surface area contributed by atoms with Crippen molar-refractivity contribution in [3.8, 4) is 0 Å². The molecule has 5 atom stereocenters. The van der Waals surface area contributed by atoms with Crippen molar-refractivity contribution >= 4 is 35.5 Å². The Balaban J connectivity index is 2.89. The molecule has 32 heavy (non-hydrogen) atoms. The molecule has 0 spiro atoms. The van der Waals surface area contributed by atoms with Gasteiger partial charge in [-0.05, 0) is 64.0 Å². The first-order chi connectivity index (χ1) is 15.1. The van der Waals surface area contributed by atoms with Gasteiger partial charge >= 0.3 is 5.97 Å². The SMILES string of the molecule is CSCCC(NC(=O)C(N)C(C)O)C(=O)N1CCCC1C(=O)NC(CCCCN)C(=O)O. The van der Waals surface area contributed by atoms with E-state index in [4.69, 9.17) is 11.5 Å². The topological polar surface area (TPSA) is 188 Å². The smallest absolute Gasteiger partial charge is 0.326 e. The molecular formula is C20H37N5O6S. The van der Waals surface area contributed by atoms with E-state index < -0.39 is 54.0 Å². The summed E-state index contributed by atoms with van der Waals surface area (Å²) < 4.78 is 0. The number of aliphatic carboxylic acids is 1. The lowest BCUT2D eigenvalue weighted by Crippen LogP contribution is -2.58. The van der Waals surface area contributed by atoms with E-state index in [1.54, 1.807) is 0 Å². The molecule has 0 radical (unpaired) electrons. The molecule has 1 aliphatic rings. The first-order valence-electron chi connectivity index (χ1n) is 10.9. The highest BCUT2D eigenvalue weighted by Gasteiger charge is 2.39. The number of aliphatic hydroxyl groups is 1. The predicted molar refractivity (Wildman–Crippen MR) is 122 cm³/mol. The van der Waals surface area contributed by atoms with Gasteiger partial charge in [0.25, 0.3) is 0 Å². The van der Waals surface area contributed by atoms with Crippen molar-refractivity contribution in [2.45, 2.75) is 75.7 Å². The fourth-order valence-corrected chi connectivity index (χ4v) is 3.97. The van der Waals surface area contributed by atoms with Gasteiger partial charge < -0.3 is 37.2 Å². The second kappa shape index (κ2) is 14.3. The van der Waals surface area contributed by atoms with E-state index in [9.17, 15) is 29.4 Å². The Morgan fingerprint density at radius 1 is 1.16 bits per heavy atom. The molecule has 11 nitrogen and oxygen atoms in total. The molecule has 1 rings (SSSR count). The summed E-state index contributed by atoms with van der Waals surface area (Å²) in [5.74, 6) is -2.13. The number of aliphatic hydroxyl groups excluding tert-OH is 1. The third kappa shape index (κ3) is 8.57. The molecule has 12 heteroatoms. The fourth-order valence-electron chi connectivity index (χ4n) is 3.50. The third-order valence-electron chi connectivity index (χ3n) is 5.45. The van der Waals surface area contributed by atoms with Crippen molar-refractivity contribution in [3.05, 3.63) is 0 Å². The number of thioether (sulfide) groups is 1. The molecule has 184 valence electrons. The van der Waals surface area contributed by atoms with Crippen LogP contribution in [0.2, 0.25) is 0 Å². The number of nitrogens with two attached hydrogens (primary N) is 2. The number of hydrogen-bond acceptors (Lipinski definition) is 8. The molecule has 0 aromatic carbocycles. The number of nitrogens with one attached hydrogen (secondary N) is 2. The van der Waals surface area contributed by atoms with Crippen molar-refractivity contribution < 1.29 is 29.4 Å². The second-order valence-electron chi connectivity index (χ2n) is 7.98. The van der Waals surface area contributed by atoms with Crippen molar-refractivity contribution in [1.29, 1.82) is 0 Å². The number of carboxylic acid groups (broad SMARTS) is 1. The summed E-state index contributed by atoms with van der Waals surface area (Å²) in [6.45, 7) is 2.15. The van der Waals surface area contributed by atoms with Crippen LogP contribution in [0.3, 0.4) is 0 Å². The molecule has 0 bridgehead atoms. The van der Waals surface area contributed by atoms with Gasteiger partial charge in [-0.3, -0.25) is 14.4 Å². The Hall–Kier alpha value is -1.89. The van der Waals surface area contributed by atoms with Crippen molar-refractivity contribution in [2.75, 3.05) is 25.1 Å². The molecule has 0 aromatic rings. The maximum atomic E-state index is 13.2. The molecule has 8 N–H and O–H groups in total. The van der Waals surface area contributed by atoms with Crippen LogP contribution >= 0.6 is 11.8 Å². The largest absolute Gasteiger partial charge is 0.480 e. The maximum Gasteiger partial charge on any atom is 0.326 e. The van der Waals surface area contributed by atoms with Gasteiger partial charge in [-0.25, -0.2) is 4.79 Å². The number of carboxylic acids is 1. The molecule has 1 fully saturated rings. The zero-order valence-electron chi connectivity index (χ0n) is 18.8. The van der Waals surface area contributed by atoms with Gasteiger partial charge in [-0.15, -0.1) is 0 Å². The molecule has 1 aliphatic heterocycles. The number of carbonyl (C=O) groups excluding carboxylic acids is 3. The maximum absolute atomic E-state index is 13.2.